The molecular weight excluding hydrogens is 318 g/mol. The summed E-state index contributed by atoms with van der Waals surface area (Å²) in [6.45, 7) is 0.203. The van der Waals surface area contributed by atoms with E-state index in [1.165, 1.54) is 13.3 Å². The van der Waals surface area contributed by atoms with E-state index in [0.717, 1.165) is 11.3 Å². The second kappa shape index (κ2) is 8.04. The molecule has 0 aliphatic heterocycles. The van der Waals surface area contributed by atoms with Gasteiger partial charge in [0.2, 0.25) is 5.91 Å². The van der Waals surface area contributed by atoms with Crippen LogP contribution in [-0.4, -0.2) is 36.4 Å². The minimum atomic E-state index is -0.502. The fourth-order valence-corrected chi connectivity index (χ4v) is 2.44. The van der Waals surface area contributed by atoms with Gasteiger partial charge in [-0.2, -0.15) is 0 Å². The highest BCUT2D eigenvalue weighted by Gasteiger charge is 2.12. The summed E-state index contributed by atoms with van der Waals surface area (Å²) in [6.07, 6.45) is 1.44. The molecule has 1 aromatic heterocycles. The number of hydrogen-bond acceptors (Lipinski definition) is 6. The molecule has 0 saturated carbocycles. The number of methoxy groups -OCH3 is 1. The molecule has 1 heterocycles. The van der Waals surface area contributed by atoms with Gasteiger partial charge >= 0.3 is 5.97 Å². The monoisotopic (exact) mass is 333 g/mol. The normalized spacial score (nSPS) is 9.96. The van der Waals surface area contributed by atoms with Crippen LogP contribution in [0.4, 0.5) is 5.13 Å². The van der Waals surface area contributed by atoms with Gasteiger partial charge in [0.1, 0.15) is 4.88 Å². The number of carbonyl (C=O) groups is 3. The summed E-state index contributed by atoms with van der Waals surface area (Å²) in [4.78, 5) is 39.1. The molecule has 0 unspecified atom stereocenters. The number of nitrogens with one attached hydrogen (secondary N) is 2. The molecule has 1 aromatic carbocycles. The molecule has 0 fully saturated rings. The lowest BCUT2D eigenvalue weighted by Crippen LogP contribution is -2.27. The fourth-order valence-electron chi connectivity index (χ4n) is 1.69. The van der Waals surface area contributed by atoms with Crippen LogP contribution in [0.3, 0.4) is 0 Å². The minimum absolute atomic E-state index is 0.103. The van der Waals surface area contributed by atoms with Crippen molar-refractivity contribution >= 4 is 34.3 Å². The maximum absolute atomic E-state index is 11.8. The van der Waals surface area contributed by atoms with Gasteiger partial charge in [-0.25, -0.2) is 9.78 Å². The van der Waals surface area contributed by atoms with Gasteiger partial charge in [0.05, 0.1) is 13.3 Å². The van der Waals surface area contributed by atoms with Crippen molar-refractivity contribution in [2.45, 2.75) is 6.42 Å². The van der Waals surface area contributed by atoms with Crippen LogP contribution in [0, 0.1) is 0 Å². The number of hydrogen-bond donors (Lipinski definition) is 2. The number of aromatic nitrogens is 1. The van der Waals surface area contributed by atoms with E-state index in [9.17, 15) is 14.4 Å². The Bertz CT molecular complexity index is 700. The van der Waals surface area contributed by atoms with Gasteiger partial charge in [0.25, 0.3) is 5.91 Å². The summed E-state index contributed by atoms with van der Waals surface area (Å²) in [6, 6.07) is 8.74. The van der Waals surface area contributed by atoms with Gasteiger partial charge in [0.15, 0.2) is 5.13 Å². The number of benzene rings is 1. The lowest BCUT2D eigenvalue weighted by atomic mass is 10.2. The number of nitrogens with zero attached hydrogens (tertiary/aromatic N) is 1. The molecule has 8 heteroatoms. The summed E-state index contributed by atoms with van der Waals surface area (Å²) in [7, 11) is 1.27. The molecule has 0 radical (unpaired) electrons. The minimum Gasteiger partial charge on any atom is -0.465 e. The fraction of sp³-hybridized carbons (Fsp3) is 0.200. The Morgan fingerprint density at radius 1 is 1.22 bits per heavy atom. The molecule has 120 valence electrons. The van der Waals surface area contributed by atoms with E-state index in [2.05, 4.69) is 20.4 Å². The van der Waals surface area contributed by atoms with Gasteiger partial charge in [-0.15, -0.1) is 0 Å². The highest BCUT2D eigenvalue weighted by atomic mass is 32.1. The average Bonchev–Trinajstić information content (AvgIpc) is 3.03. The molecule has 7 nitrogen and oxygen atoms in total. The number of thiazole rings is 1. The van der Waals surface area contributed by atoms with E-state index >= 15 is 0 Å². The summed E-state index contributed by atoms with van der Waals surface area (Å²) in [5, 5.41) is 5.53. The largest absolute Gasteiger partial charge is 0.465 e. The number of ether oxygens (including phenoxy) is 1. The highest BCUT2D eigenvalue weighted by Crippen LogP contribution is 2.18. The Kier molecular flexibility index (Phi) is 5.81. The molecule has 2 rings (SSSR count). The number of amides is 2. The van der Waals surface area contributed by atoms with Crippen LogP contribution in [0.5, 0.6) is 0 Å². The van der Waals surface area contributed by atoms with Gasteiger partial charge in [-0.1, -0.05) is 29.5 Å². The average molecular weight is 333 g/mol. The first-order chi connectivity index (χ1) is 11.1. The number of rotatable bonds is 6. The van der Waals surface area contributed by atoms with E-state index in [-0.39, 0.29) is 24.8 Å². The van der Waals surface area contributed by atoms with Gasteiger partial charge in [0, 0.05) is 18.5 Å². The van der Waals surface area contributed by atoms with Crippen molar-refractivity contribution in [2.75, 3.05) is 19.0 Å². The van der Waals surface area contributed by atoms with Crippen molar-refractivity contribution in [3.8, 4) is 0 Å². The van der Waals surface area contributed by atoms with Crippen LogP contribution in [0.15, 0.2) is 36.5 Å². The zero-order valence-corrected chi connectivity index (χ0v) is 13.2. The topological polar surface area (TPSA) is 97.4 Å². The summed E-state index contributed by atoms with van der Waals surface area (Å²) < 4.78 is 4.56. The molecule has 2 N–H and O–H groups in total. The van der Waals surface area contributed by atoms with Crippen LogP contribution in [0.25, 0.3) is 0 Å². The Morgan fingerprint density at radius 2 is 1.96 bits per heavy atom. The van der Waals surface area contributed by atoms with Crippen molar-refractivity contribution in [3.05, 3.63) is 47.0 Å². The van der Waals surface area contributed by atoms with Crippen LogP contribution < -0.4 is 10.6 Å². The molecule has 0 spiro atoms. The molecule has 2 aromatic rings. The maximum Gasteiger partial charge on any atom is 0.349 e. The highest BCUT2D eigenvalue weighted by molar-refractivity contribution is 7.17. The van der Waals surface area contributed by atoms with E-state index in [4.69, 9.17) is 0 Å². The predicted octanol–water partition coefficient (Wildman–Crippen LogP) is 1.69. The van der Waals surface area contributed by atoms with E-state index in [1.807, 2.05) is 6.07 Å². The summed E-state index contributed by atoms with van der Waals surface area (Å²) in [5.74, 6) is -1.04. The molecule has 0 aliphatic rings. The summed E-state index contributed by atoms with van der Waals surface area (Å²) in [5.41, 5.74) is 0.538. The third-order valence-electron chi connectivity index (χ3n) is 2.81. The van der Waals surface area contributed by atoms with Crippen molar-refractivity contribution in [1.82, 2.24) is 10.3 Å². The van der Waals surface area contributed by atoms with E-state index < -0.39 is 5.97 Å². The molecule has 0 atom stereocenters. The second-order valence-electron chi connectivity index (χ2n) is 4.44. The Morgan fingerprint density at radius 3 is 2.65 bits per heavy atom. The number of carbonyl (C=O) groups excluding carboxylic acids is 3. The molecular formula is C15H15N3O4S. The lowest BCUT2D eigenvalue weighted by molar-refractivity contribution is -0.116. The van der Waals surface area contributed by atoms with Crippen molar-refractivity contribution in [3.63, 3.8) is 0 Å². The first-order valence-electron chi connectivity index (χ1n) is 6.77. The van der Waals surface area contributed by atoms with Gasteiger partial charge in [-0.05, 0) is 12.1 Å². The zero-order valence-electron chi connectivity index (χ0n) is 12.4. The standard InChI is InChI=1S/C15H15N3O4S/c1-22-14(21)11-9-17-15(23-11)18-12(19)7-8-16-13(20)10-5-3-2-4-6-10/h2-6,9H,7-8H2,1H3,(H,16,20)(H,17,18,19). The van der Waals surface area contributed by atoms with Crippen LogP contribution in [-0.2, 0) is 9.53 Å². The quantitative estimate of drug-likeness (QED) is 0.784. The molecule has 2 amide bonds. The van der Waals surface area contributed by atoms with Crippen molar-refractivity contribution < 1.29 is 19.1 Å². The van der Waals surface area contributed by atoms with Crippen molar-refractivity contribution in [1.29, 1.82) is 0 Å². The first-order valence-corrected chi connectivity index (χ1v) is 7.59. The van der Waals surface area contributed by atoms with E-state index in [1.54, 1.807) is 24.3 Å². The third kappa shape index (κ3) is 4.89. The number of anilines is 1. The molecule has 23 heavy (non-hydrogen) atoms. The van der Waals surface area contributed by atoms with Gasteiger partial charge < -0.3 is 15.4 Å². The Hall–Kier alpha value is -2.74. The Balaban J connectivity index is 1.76. The third-order valence-corrected chi connectivity index (χ3v) is 3.71. The second-order valence-corrected chi connectivity index (χ2v) is 5.47. The lowest BCUT2D eigenvalue weighted by Gasteiger charge is -2.05. The number of esters is 1. The van der Waals surface area contributed by atoms with Crippen LogP contribution in [0.2, 0.25) is 0 Å². The molecule has 0 saturated heterocycles. The van der Waals surface area contributed by atoms with Crippen LogP contribution >= 0.6 is 11.3 Å². The van der Waals surface area contributed by atoms with Crippen LogP contribution in [0.1, 0.15) is 26.5 Å². The van der Waals surface area contributed by atoms with E-state index in [0.29, 0.717) is 15.6 Å². The zero-order chi connectivity index (χ0) is 16.7. The van der Waals surface area contributed by atoms with Crippen molar-refractivity contribution in [2.24, 2.45) is 0 Å². The predicted molar refractivity (Wildman–Crippen MR) is 85.5 cm³/mol. The first kappa shape index (κ1) is 16.6. The SMILES string of the molecule is COC(=O)c1cnc(NC(=O)CCNC(=O)c2ccccc2)s1. The molecule has 0 aliphatic carbocycles. The van der Waals surface area contributed by atoms with Gasteiger partial charge in [-0.3, -0.25) is 9.59 Å². The maximum atomic E-state index is 11.8. The molecule has 0 bridgehead atoms. The smallest absolute Gasteiger partial charge is 0.349 e. The Labute approximate surface area is 136 Å². The summed E-state index contributed by atoms with van der Waals surface area (Å²) >= 11 is 1.03.